The van der Waals surface area contributed by atoms with Gasteiger partial charge >= 0.3 is 47.8 Å². The molecular weight excluding hydrogens is 1290 g/mol. The highest BCUT2D eigenvalue weighted by atomic mass is 16.8. The standard InChI is InChI=1S/C77H68O23/c1-3-44-87-76-66(100-75-58(78)62(96-71(83)52-36-20-8-21-37-52)60(94-69(81)50-32-16-6-17-33-50)56(91-75)45-88-67(79)48-28-12-4-13-29-48)64(98-73(85)54-40-24-10-25-41-54)61(95-70(82)51-34-18-7-19-35-51)57(92-76)46-89-77-65(99-74(86)55-42-26-11-27-43-55)63(97-72(84)53-38-22-9-23-39-53)59(47(2)90-77)93-68(80)49-30-14-5-15-31-49/h3-43,47,56-66,75-78H,1,44-46H2,2H3/t47-,56+,57+,58-,59-,60+,61+,62+,63+,64-,65+,66+,75+,76-,77+/m0/s1. The summed E-state index contributed by atoms with van der Waals surface area (Å²) < 4.78 is 89.1. The summed E-state index contributed by atoms with van der Waals surface area (Å²) in [5, 5.41) is 12.8. The summed E-state index contributed by atoms with van der Waals surface area (Å²) >= 11 is 0. The lowest BCUT2D eigenvalue weighted by Gasteiger charge is -2.48. The summed E-state index contributed by atoms with van der Waals surface area (Å²) in [6.45, 7) is 3.45. The van der Waals surface area contributed by atoms with E-state index in [2.05, 4.69) is 6.58 Å². The predicted octanol–water partition coefficient (Wildman–Crippen LogP) is 9.58. The Bertz CT molecular complexity index is 4040. The third-order valence-corrected chi connectivity index (χ3v) is 16.2. The molecule has 23 heteroatoms. The zero-order chi connectivity index (χ0) is 69.9. The second-order valence-corrected chi connectivity index (χ2v) is 23.0. The number of aliphatic hydroxyl groups is 1. The van der Waals surface area contributed by atoms with Crippen LogP contribution >= 0.6 is 0 Å². The Morgan fingerprint density at radius 2 is 0.610 bits per heavy atom. The second kappa shape index (κ2) is 34.0. The molecule has 11 rings (SSSR count). The summed E-state index contributed by atoms with van der Waals surface area (Å²) in [5.74, 6) is -7.60. The van der Waals surface area contributed by atoms with E-state index >= 15 is 0 Å². The first-order valence-corrected chi connectivity index (χ1v) is 31.9. The van der Waals surface area contributed by atoms with Crippen molar-refractivity contribution in [3.05, 3.63) is 300 Å². The van der Waals surface area contributed by atoms with Gasteiger partial charge in [0.05, 0.1) is 63.8 Å². The van der Waals surface area contributed by atoms with E-state index in [0.29, 0.717) is 0 Å². The largest absolute Gasteiger partial charge is 0.459 e. The summed E-state index contributed by atoms with van der Waals surface area (Å²) in [6, 6.07) is 62.2. The molecule has 514 valence electrons. The van der Waals surface area contributed by atoms with Crippen LogP contribution < -0.4 is 0 Å². The number of benzene rings is 8. The van der Waals surface area contributed by atoms with Gasteiger partial charge in [0, 0.05) is 0 Å². The van der Waals surface area contributed by atoms with Crippen LogP contribution in [0.2, 0.25) is 0 Å². The molecule has 8 aromatic rings. The Balaban J connectivity index is 0.994. The molecule has 0 aromatic heterocycles. The van der Waals surface area contributed by atoms with Crippen LogP contribution in [-0.2, 0) is 66.3 Å². The molecule has 3 aliphatic heterocycles. The maximum absolute atomic E-state index is 14.8. The normalized spacial score (nSPS) is 24.7. The van der Waals surface area contributed by atoms with Crippen LogP contribution in [0.4, 0.5) is 0 Å². The van der Waals surface area contributed by atoms with Crippen molar-refractivity contribution in [2.24, 2.45) is 0 Å². The molecule has 15 atom stereocenters. The fourth-order valence-electron chi connectivity index (χ4n) is 11.2. The van der Waals surface area contributed by atoms with Crippen molar-refractivity contribution in [2.45, 2.75) is 99.0 Å². The lowest BCUT2D eigenvalue weighted by atomic mass is 9.96. The van der Waals surface area contributed by atoms with Crippen LogP contribution in [0.3, 0.4) is 0 Å². The average molecular weight is 1360 g/mol. The van der Waals surface area contributed by atoms with E-state index in [9.17, 15) is 43.5 Å². The molecule has 8 aromatic carbocycles. The van der Waals surface area contributed by atoms with Crippen LogP contribution in [0, 0.1) is 0 Å². The molecule has 3 aliphatic rings. The van der Waals surface area contributed by atoms with Crippen molar-refractivity contribution in [3.63, 3.8) is 0 Å². The molecule has 0 spiro atoms. The minimum Gasteiger partial charge on any atom is -0.459 e. The van der Waals surface area contributed by atoms with Crippen LogP contribution in [0.5, 0.6) is 0 Å². The maximum Gasteiger partial charge on any atom is 0.338 e. The van der Waals surface area contributed by atoms with Gasteiger partial charge in [-0.15, -0.1) is 6.58 Å². The van der Waals surface area contributed by atoms with Crippen molar-refractivity contribution in [1.82, 2.24) is 0 Å². The minimum atomic E-state index is -2.18. The number of hydrogen-bond donors (Lipinski definition) is 1. The van der Waals surface area contributed by atoms with E-state index in [1.165, 1.54) is 110 Å². The van der Waals surface area contributed by atoms with Gasteiger partial charge in [-0.1, -0.05) is 152 Å². The molecule has 0 radical (unpaired) electrons. The van der Waals surface area contributed by atoms with Gasteiger partial charge in [0.1, 0.15) is 24.9 Å². The predicted molar refractivity (Wildman–Crippen MR) is 351 cm³/mol. The Labute approximate surface area is 573 Å². The summed E-state index contributed by atoms with van der Waals surface area (Å²) in [4.78, 5) is 114. The van der Waals surface area contributed by atoms with E-state index in [4.69, 9.17) is 66.3 Å². The highest BCUT2D eigenvalue weighted by molar-refractivity contribution is 5.93. The zero-order valence-electron chi connectivity index (χ0n) is 53.6. The van der Waals surface area contributed by atoms with Gasteiger partial charge < -0.3 is 71.4 Å². The Kier molecular flexibility index (Phi) is 23.9. The topological polar surface area (TPSA) is 286 Å². The Morgan fingerprint density at radius 3 is 0.980 bits per heavy atom. The van der Waals surface area contributed by atoms with Crippen molar-refractivity contribution in [2.75, 3.05) is 19.8 Å². The van der Waals surface area contributed by atoms with Gasteiger partial charge in [-0.25, -0.2) is 38.4 Å². The fraction of sp³-hybridized carbons (Fsp3) is 0.247. The molecule has 0 amide bonds. The molecule has 3 fully saturated rings. The number of aliphatic hydroxyl groups excluding tert-OH is 1. The SMILES string of the molecule is C=CCO[C@H]1O[C@H](CO[C@@H]2O[C@@H](C)[C@H](OC(=O)c3ccccc3)[C@@H](OC(=O)c3ccccc3)[C@H]2OC(=O)c2ccccc2)[C@@H](OC(=O)c2ccccc2)[C@H](OC(=O)c2ccccc2)[C@H]1O[C@H]1O[C@H](COC(=O)c2ccccc2)[C@@H](OC(=O)c2ccccc2)[C@H](OC(=O)c2ccccc2)[C@@H]1O. The summed E-state index contributed by atoms with van der Waals surface area (Å²) in [7, 11) is 0. The maximum atomic E-state index is 14.8. The molecule has 0 aliphatic carbocycles. The van der Waals surface area contributed by atoms with Crippen LogP contribution in [-0.4, -0.2) is 165 Å². The van der Waals surface area contributed by atoms with Gasteiger partial charge in [-0.3, -0.25) is 0 Å². The first-order valence-electron chi connectivity index (χ1n) is 31.9. The second-order valence-electron chi connectivity index (χ2n) is 23.0. The van der Waals surface area contributed by atoms with Crippen molar-refractivity contribution in [1.29, 1.82) is 0 Å². The van der Waals surface area contributed by atoms with E-state index in [1.54, 1.807) is 146 Å². The van der Waals surface area contributed by atoms with Gasteiger partial charge in [-0.2, -0.15) is 0 Å². The molecular formula is C77H68O23. The van der Waals surface area contributed by atoms with Gasteiger partial charge in [0.15, 0.2) is 67.7 Å². The van der Waals surface area contributed by atoms with Crippen LogP contribution in [0.25, 0.3) is 0 Å². The molecule has 3 heterocycles. The minimum absolute atomic E-state index is 0.00503. The fourth-order valence-corrected chi connectivity index (χ4v) is 11.2. The number of carbonyl (C=O) groups excluding carboxylic acids is 8. The van der Waals surface area contributed by atoms with Gasteiger partial charge in [-0.05, 0) is 104 Å². The molecule has 1 N–H and O–H groups in total. The smallest absolute Gasteiger partial charge is 0.338 e. The number of hydrogen-bond acceptors (Lipinski definition) is 23. The lowest BCUT2D eigenvalue weighted by molar-refractivity contribution is -0.368. The highest BCUT2D eigenvalue weighted by Crippen LogP contribution is 2.38. The first-order chi connectivity index (χ1) is 48.7. The molecule has 0 unspecified atom stereocenters. The lowest BCUT2D eigenvalue weighted by Crippen LogP contribution is -2.67. The van der Waals surface area contributed by atoms with Crippen molar-refractivity contribution < 1.29 is 110 Å². The van der Waals surface area contributed by atoms with Crippen molar-refractivity contribution >= 4 is 47.8 Å². The highest BCUT2D eigenvalue weighted by Gasteiger charge is 2.58. The number of carbonyl (C=O) groups is 8. The summed E-state index contributed by atoms with van der Waals surface area (Å²) in [5.41, 5.74) is 0.365. The molecule has 100 heavy (non-hydrogen) atoms. The molecule has 0 saturated carbocycles. The zero-order valence-corrected chi connectivity index (χ0v) is 53.6. The van der Waals surface area contributed by atoms with Crippen LogP contribution in [0.1, 0.15) is 89.8 Å². The monoisotopic (exact) mass is 1360 g/mol. The van der Waals surface area contributed by atoms with Gasteiger partial charge in [0.2, 0.25) is 0 Å². The molecule has 0 bridgehead atoms. The quantitative estimate of drug-likeness (QED) is 0.0316. The van der Waals surface area contributed by atoms with E-state index in [-0.39, 0.29) is 51.1 Å². The Morgan fingerprint density at radius 1 is 0.330 bits per heavy atom. The van der Waals surface area contributed by atoms with Crippen molar-refractivity contribution in [3.8, 4) is 0 Å². The van der Waals surface area contributed by atoms with E-state index in [1.807, 2.05) is 0 Å². The third-order valence-electron chi connectivity index (χ3n) is 16.2. The molecule has 23 nitrogen and oxygen atoms in total. The van der Waals surface area contributed by atoms with Gasteiger partial charge in [0.25, 0.3) is 0 Å². The first kappa shape index (κ1) is 70.3. The van der Waals surface area contributed by atoms with E-state index in [0.717, 1.165) is 0 Å². The average Bonchev–Trinajstić information content (AvgIpc) is 0.766. The Hall–Kier alpha value is -11.0. The van der Waals surface area contributed by atoms with E-state index < -0.39 is 153 Å². The summed E-state index contributed by atoms with van der Waals surface area (Å²) in [6.07, 6.45) is -25.6. The molecule has 3 saturated heterocycles. The number of rotatable bonds is 25. The number of esters is 8. The van der Waals surface area contributed by atoms with Crippen LogP contribution in [0.15, 0.2) is 255 Å². The number of ether oxygens (including phenoxy) is 14. The third kappa shape index (κ3) is 17.6.